The Labute approximate surface area is 76.9 Å². The minimum absolute atomic E-state index is 0.922. The van der Waals surface area contributed by atoms with E-state index in [2.05, 4.69) is 11.2 Å². The van der Waals surface area contributed by atoms with Crippen LogP contribution in [-0.2, 0) is 7.05 Å². The van der Waals surface area contributed by atoms with Crippen LogP contribution in [0.3, 0.4) is 0 Å². The van der Waals surface area contributed by atoms with E-state index in [9.17, 15) is 0 Å². The molecule has 1 aromatic carbocycles. The summed E-state index contributed by atoms with van der Waals surface area (Å²) in [5.41, 5.74) is 2.24. The van der Waals surface area contributed by atoms with Crippen LogP contribution in [0.15, 0.2) is 18.3 Å². The second-order valence-electron chi connectivity index (χ2n) is 3.12. The summed E-state index contributed by atoms with van der Waals surface area (Å²) in [5, 5.41) is 5.26. The summed E-state index contributed by atoms with van der Waals surface area (Å²) in [4.78, 5) is 0. The highest BCUT2D eigenvalue weighted by molar-refractivity contribution is 5.86. The van der Waals surface area contributed by atoms with Crippen LogP contribution in [0.5, 0.6) is 5.75 Å². The molecule has 0 N–H and O–H groups in total. The summed E-state index contributed by atoms with van der Waals surface area (Å²) in [6, 6.07) is 4.10. The van der Waals surface area contributed by atoms with Crippen LogP contribution in [0.25, 0.3) is 10.9 Å². The van der Waals surface area contributed by atoms with E-state index in [-0.39, 0.29) is 0 Å². The average Bonchev–Trinajstić information content (AvgIpc) is 2.48. The van der Waals surface area contributed by atoms with Gasteiger partial charge in [0.2, 0.25) is 0 Å². The van der Waals surface area contributed by atoms with E-state index in [4.69, 9.17) is 4.74 Å². The molecule has 1 heterocycles. The first-order valence-electron chi connectivity index (χ1n) is 4.19. The topological polar surface area (TPSA) is 27.1 Å². The van der Waals surface area contributed by atoms with Gasteiger partial charge in [-0.3, -0.25) is 4.68 Å². The number of fused-ring (bicyclic) bond motifs is 1. The molecule has 1 aromatic heterocycles. The van der Waals surface area contributed by atoms with Crippen molar-refractivity contribution >= 4 is 10.9 Å². The monoisotopic (exact) mass is 176 g/mol. The number of hydrogen-bond donors (Lipinski definition) is 0. The van der Waals surface area contributed by atoms with Crippen LogP contribution < -0.4 is 4.74 Å². The van der Waals surface area contributed by atoms with Crippen molar-refractivity contribution in [2.24, 2.45) is 7.05 Å². The van der Waals surface area contributed by atoms with Crippen molar-refractivity contribution in [2.75, 3.05) is 7.11 Å². The molecule has 0 atom stereocenters. The smallest absolute Gasteiger partial charge is 0.132 e. The number of nitrogens with zero attached hydrogens (tertiary/aromatic N) is 2. The summed E-state index contributed by atoms with van der Waals surface area (Å²) in [5.74, 6) is 0.922. The summed E-state index contributed by atoms with van der Waals surface area (Å²) >= 11 is 0. The van der Waals surface area contributed by atoms with Crippen LogP contribution in [0.2, 0.25) is 0 Å². The summed E-state index contributed by atoms with van der Waals surface area (Å²) in [7, 11) is 3.62. The zero-order valence-corrected chi connectivity index (χ0v) is 8.03. The largest absolute Gasteiger partial charge is 0.496 e. The summed E-state index contributed by atoms with van der Waals surface area (Å²) < 4.78 is 7.16. The third kappa shape index (κ3) is 1.08. The molecule has 0 fully saturated rings. The van der Waals surface area contributed by atoms with Gasteiger partial charge < -0.3 is 4.74 Å². The number of methoxy groups -OCH3 is 1. The van der Waals surface area contributed by atoms with Gasteiger partial charge in [-0.1, -0.05) is 6.07 Å². The van der Waals surface area contributed by atoms with Gasteiger partial charge in [0.15, 0.2) is 0 Å². The molecule has 0 unspecified atom stereocenters. The molecule has 3 nitrogen and oxygen atoms in total. The maximum Gasteiger partial charge on any atom is 0.132 e. The highest BCUT2D eigenvalue weighted by Gasteiger charge is 2.07. The van der Waals surface area contributed by atoms with Crippen LogP contribution in [0, 0.1) is 6.92 Å². The predicted octanol–water partition coefficient (Wildman–Crippen LogP) is 1.89. The first-order chi connectivity index (χ1) is 6.24. The SMILES string of the molecule is COc1c(C)ccc2c1cnn2C. The standard InChI is InChI=1S/C10H12N2O/c1-7-4-5-9-8(10(7)13-3)6-11-12(9)2/h4-6H,1-3H3. The Hall–Kier alpha value is -1.51. The van der Waals surface area contributed by atoms with Crippen molar-refractivity contribution in [3.63, 3.8) is 0 Å². The van der Waals surface area contributed by atoms with Crippen LogP contribution in [0.4, 0.5) is 0 Å². The minimum Gasteiger partial charge on any atom is -0.496 e. The minimum atomic E-state index is 0.922. The van der Waals surface area contributed by atoms with Gasteiger partial charge in [0.05, 0.1) is 24.2 Å². The highest BCUT2D eigenvalue weighted by atomic mass is 16.5. The van der Waals surface area contributed by atoms with Crippen molar-refractivity contribution in [3.05, 3.63) is 23.9 Å². The zero-order valence-electron chi connectivity index (χ0n) is 8.03. The van der Waals surface area contributed by atoms with Crippen molar-refractivity contribution < 1.29 is 4.74 Å². The van der Waals surface area contributed by atoms with Gasteiger partial charge in [-0.2, -0.15) is 5.10 Å². The molecule has 0 saturated carbocycles. The van der Waals surface area contributed by atoms with E-state index >= 15 is 0 Å². The number of ether oxygens (including phenoxy) is 1. The second kappa shape index (κ2) is 2.76. The van der Waals surface area contributed by atoms with Gasteiger partial charge >= 0.3 is 0 Å². The number of rotatable bonds is 1. The molecule has 0 aliphatic carbocycles. The third-order valence-corrected chi connectivity index (χ3v) is 2.28. The number of aromatic nitrogens is 2. The molecule has 0 spiro atoms. The molecule has 2 aromatic rings. The van der Waals surface area contributed by atoms with Gasteiger partial charge in [0.1, 0.15) is 5.75 Å². The fourth-order valence-electron chi connectivity index (χ4n) is 1.58. The van der Waals surface area contributed by atoms with Gasteiger partial charge in [-0.25, -0.2) is 0 Å². The van der Waals surface area contributed by atoms with Crippen LogP contribution in [-0.4, -0.2) is 16.9 Å². The number of aryl methyl sites for hydroxylation is 2. The molecule has 0 bridgehead atoms. The molecule has 0 aliphatic rings. The Balaban J connectivity index is 2.85. The van der Waals surface area contributed by atoms with Crippen molar-refractivity contribution in [1.29, 1.82) is 0 Å². The van der Waals surface area contributed by atoms with E-state index in [1.165, 1.54) is 0 Å². The van der Waals surface area contributed by atoms with E-state index in [1.807, 2.05) is 30.9 Å². The Morgan fingerprint density at radius 3 is 2.85 bits per heavy atom. The molecule has 68 valence electrons. The fourth-order valence-corrected chi connectivity index (χ4v) is 1.58. The Morgan fingerprint density at radius 2 is 2.15 bits per heavy atom. The van der Waals surface area contributed by atoms with Gasteiger partial charge in [-0.15, -0.1) is 0 Å². The Bertz CT molecular complexity index is 445. The fraction of sp³-hybridized carbons (Fsp3) is 0.300. The molecular formula is C10H12N2O. The van der Waals surface area contributed by atoms with Crippen molar-refractivity contribution in [1.82, 2.24) is 9.78 Å². The summed E-state index contributed by atoms with van der Waals surface area (Å²) in [6.45, 7) is 2.03. The summed E-state index contributed by atoms with van der Waals surface area (Å²) in [6.07, 6.45) is 1.83. The molecule has 2 rings (SSSR count). The van der Waals surface area contributed by atoms with Crippen LogP contribution in [0.1, 0.15) is 5.56 Å². The van der Waals surface area contributed by atoms with E-state index < -0.39 is 0 Å². The van der Waals surface area contributed by atoms with Crippen molar-refractivity contribution in [3.8, 4) is 5.75 Å². The highest BCUT2D eigenvalue weighted by Crippen LogP contribution is 2.28. The zero-order chi connectivity index (χ0) is 9.42. The predicted molar refractivity (Wildman–Crippen MR) is 52.0 cm³/mol. The number of benzene rings is 1. The molecule has 0 saturated heterocycles. The lowest BCUT2D eigenvalue weighted by atomic mass is 10.1. The van der Waals surface area contributed by atoms with Crippen LogP contribution >= 0.6 is 0 Å². The molecule has 0 radical (unpaired) electrons. The maximum absolute atomic E-state index is 5.32. The first kappa shape index (κ1) is 8.10. The lowest BCUT2D eigenvalue weighted by molar-refractivity contribution is 0.417. The van der Waals surface area contributed by atoms with E-state index in [0.29, 0.717) is 0 Å². The lowest BCUT2D eigenvalue weighted by Gasteiger charge is -2.05. The quantitative estimate of drug-likeness (QED) is 0.663. The van der Waals surface area contributed by atoms with Gasteiger partial charge in [0, 0.05) is 7.05 Å². The van der Waals surface area contributed by atoms with E-state index in [1.54, 1.807) is 7.11 Å². The number of hydrogen-bond acceptors (Lipinski definition) is 2. The van der Waals surface area contributed by atoms with Crippen molar-refractivity contribution in [2.45, 2.75) is 6.92 Å². The first-order valence-corrected chi connectivity index (χ1v) is 4.19. The molecule has 13 heavy (non-hydrogen) atoms. The van der Waals surface area contributed by atoms with E-state index in [0.717, 1.165) is 22.2 Å². The normalized spacial score (nSPS) is 10.7. The maximum atomic E-state index is 5.32. The average molecular weight is 176 g/mol. The molecule has 3 heteroatoms. The molecule has 0 amide bonds. The van der Waals surface area contributed by atoms with Gasteiger partial charge in [0.25, 0.3) is 0 Å². The van der Waals surface area contributed by atoms with Gasteiger partial charge in [-0.05, 0) is 18.6 Å². The Morgan fingerprint density at radius 1 is 1.38 bits per heavy atom. The molecular weight excluding hydrogens is 164 g/mol. The third-order valence-electron chi connectivity index (χ3n) is 2.28. The molecule has 0 aliphatic heterocycles. The lowest BCUT2D eigenvalue weighted by Crippen LogP contribution is -1.90. The second-order valence-corrected chi connectivity index (χ2v) is 3.12. The Kier molecular flexibility index (Phi) is 1.72.